The van der Waals surface area contributed by atoms with Gasteiger partial charge in [0.15, 0.2) is 0 Å². The van der Waals surface area contributed by atoms with Gasteiger partial charge in [0, 0.05) is 6.20 Å². The highest BCUT2D eigenvalue weighted by Crippen LogP contribution is 2.29. The van der Waals surface area contributed by atoms with Gasteiger partial charge in [-0.25, -0.2) is 9.78 Å². The van der Waals surface area contributed by atoms with Crippen LogP contribution in [0.25, 0.3) is 0 Å². The Morgan fingerprint density at radius 1 is 1.25 bits per heavy atom. The summed E-state index contributed by atoms with van der Waals surface area (Å²) in [6.45, 7) is 0. The summed E-state index contributed by atoms with van der Waals surface area (Å²) in [6, 6.07) is 1.38. The maximum absolute atomic E-state index is 12.2. The van der Waals surface area contributed by atoms with Gasteiger partial charge in [0.25, 0.3) is 5.91 Å². The molecule has 1 saturated carbocycles. The zero-order chi connectivity index (χ0) is 14.8. The molecule has 0 saturated heterocycles. The number of hydrogen-bond donors (Lipinski definition) is 2. The van der Waals surface area contributed by atoms with E-state index in [2.05, 4.69) is 10.3 Å². The Morgan fingerprint density at radius 2 is 1.90 bits per heavy atom. The topological polar surface area (TPSA) is 79.3 Å². The Hall–Kier alpha value is -1.33. The van der Waals surface area contributed by atoms with Crippen LogP contribution in [0.2, 0.25) is 10.2 Å². The molecule has 20 heavy (non-hydrogen) atoms. The lowest BCUT2D eigenvalue weighted by molar-refractivity contribution is -0.145. The molecule has 0 atom stereocenters. The van der Waals surface area contributed by atoms with Crippen LogP contribution in [0.5, 0.6) is 0 Å². The third kappa shape index (κ3) is 3.04. The van der Waals surface area contributed by atoms with E-state index in [0.29, 0.717) is 12.8 Å². The molecule has 0 aromatic carbocycles. The van der Waals surface area contributed by atoms with Crippen molar-refractivity contribution in [2.24, 2.45) is 0 Å². The van der Waals surface area contributed by atoms with Gasteiger partial charge in [-0.15, -0.1) is 0 Å². The molecule has 0 bridgehead atoms. The van der Waals surface area contributed by atoms with E-state index in [1.165, 1.54) is 12.3 Å². The van der Waals surface area contributed by atoms with Crippen molar-refractivity contribution in [3.8, 4) is 0 Å². The number of carboxylic acids is 1. The molecule has 1 aliphatic carbocycles. The first-order valence-corrected chi connectivity index (χ1v) is 7.07. The van der Waals surface area contributed by atoms with Crippen molar-refractivity contribution in [2.45, 2.75) is 37.6 Å². The van der Waals surface area contributed by atoms with Gasteiger partial charge in [-0.2, -0.15) is 0 Å². The van der Waals surface area contributed by atoms with Crippen LogP contribution in [0, 0.1) is 0 Å². The Balaban J connectivity index is 2.20. The van der Waals surface area contributed by atoms with E-state index in [1.807, 2.05) is 0 Å². The molecule has 2 N–H and O–H groups in total. The zero-order valence-electron chi connectivity index (χ0n) is 10.7. The lowest BCUT2D eigenvalue weighted by Crippen LogP contribution is -2.55. The van der Waals surface area contributed by atoms with E-state index >= 15 is 0 Å². The van der Waals surface area contributed by atoms with Gasteiger partial charge in [0.1, 0.15) is 10.7 Å². The fraction of sp³-hybridized carbons (Fsp3) is 0.462. The second-order valence-corrected chi connectivity index (χ2v) is 5.66. The quantitative estimate of drug-likeness (QED) is 0.840. The number of hydrogen-bond acceptors (Lipinski definition) is 3. The second-order valence-electron chi connectivity index (χ2n) is 4.90. The fourth-order valence-electron chi connectivity index (χ4n) is 2.38. The van der Waals surface area contributed by atoms with E-state index in [4.69, 9.17) is 23.2 Å². The van der Waals surface area contributed by atoms with Crippen LogP contribution in [0.1, 0.15) is 42.5 Å². The van der Waals surface area contributed by atoms with Crippen molar-refractivity contribution < 1.29 is 14.7 Å². The van der Waals surface area contributed by atoms with Crippen LogP contribution in [0.15, 0.2) is 12.3 Å². The van der Waals surface area contributed by atoms with Crippen molar-refractivity contribution in [1.29, 1.82) is 0 Å². The number of amides is 1. The van der Waals surface area contributed by atoms with Crippen LogP contribution in [-0.4, -0.2) is 27.5 Å². The van der Waals surface area contributed by atoms with E-state index in [9.17, 15) is 14.7 Å². The first-order valence-electron chi connectivity index (χ1n) is 6.31. The molecule has 1 aliphatic rings. The number of rotatable bonds is 3. The number of carbonyl (C=O) groups excluding carboxylic acids is 1. The predicted molar refractivity (Wildman–Crippen MR) is 75.2 cm³/mol. The highest BCUT2D eigenvalue weighted by molar-refractivity contribution is 6.41. The van der Waals surface area contributed by atoms with Crippen LogP contribution in [-0.2, 0) is 4.79 Å². The van der Waals surface area contributed by atoms with Gasteiger partial charge in [-0.3, -0.25) is 4.79 Å². The molecule has 1 aromatic heterocycles. The van der Waals surface area contributed by atoms with Gasteiger partial charge in [0.05, 0.1) is 10.6 Å². The molecule has 0 spiro atoms. The first kappa shape index (κ1) is 15.1. The van der Waals surface area contributed by atoms with E-state index < -0.39 is 17.4 Å². The first-order chi connectivity index (χ1) is 9.44. The molecule has 5 nitrogen and oxygen atoms in total. The minimum absolute atomic E-state index is 0.105. The molecule has 0 unspecified atom stereocenters. The van der Waals surface area contributed by atoms with E-state index in [-0.39, 0.29) is 15.7 Å². The predicted octanol–water partition coefficient (Wildman–Crippen LogP) is 2.91. The normalized spacial score (nSPS) is 17.5. The van der Waals surface area contributed by atoms with Crippen LogP contribution < -0.4 is 5.32 Å². The summed E-state index contributed by atoms with van der Waals surface area (Å²) in [6.07, 6.45) is 4.70. The maximum Gasteiger partial charge on any atom is 0.329 e. The van der Waals surface area contributed by atoms with Crippen molar-refractivity contribution in [3.05, 3.63) is 28.0 Å². The lowest BCUT2D eigenvalue weighted by Gasteiger charge is -2.33. The minimum Gasteiger partial charge on any atom is -0.480 e. The van der Waals surface area contributed by atoms with Crippen molar-refractivity contribution in [3.63, 3.8) is 0 Å². The van der Waals surface area contributed by atoms with Crippen molar-refractivity contribution in [1.82, 2.24) is 10.3 Å². The molecule has 0 radical (unpaired) electrons. The molecular weight excluding hydrogens is 303 g/mol. The fourth-order valence-corrected chi connectivity index (χ4v) is 2.65. The number of halogens is 2. The highest BCUT2D eigenvalue weighted by Gasteiger charge is 2.41. The average Bonchev–Trinajstić information content (AvgIpc) is 2.42. The lowest BCUT2D eigenvalue weighted by atomic mass is 9.81. The zero-order valence-corrected chi connectivity index (χ0v) is 12.2. The number of carbonyl (C=O) groups is 2. The number of carboxylic acid groups (broad SMARTS) is 1. The molecule has 108 valence electrons. The monoisotopic (exact) mass is 316 g/mol. The molecule has 2 rings (SSSR count). The van der Waals surface area contributed by atoms with Crippen LogP contribution >= 0.6 is 23.2 Å². The Bertz CT molecular complexity index is 542. The Morgan fingerprint density at radius 3 is 2.45 bits per heavy atom. The summed E-state index contributed by atoms with van der Waals surface area (Å²) in [5.41, 5.74) is -0.993. The largest absolute Gasteiger partial charge is 0.480 e. The van der Waals surface area contributed by atoms with E-state index in [0.717, 1.165) is 19.3 Å². The number of pyridine rings is 1. The van der Waals surface area contributed by atoms with Crippen molar-refractivity contribution in [2.75, 3.05) is 0 Å². The molecule has 0 aliphatic heterocycles. The van der Waals surface area contributed by atoms with Crippen LogP contribution in [0.3, 0.4) is 0 Å². The molecule has 1 heterocycles. The number of nitrogens with zero attached hydrogens (tertiary/aromatic N) is 1. The van der Waals surface area contributed by atoms with Gasteiger partial charge in [-0.1, -0.05) is 42.5 Å². The number of aliphatic carboxylic acids is 1. The molecule has 1 amide bonds. The number of aromatic nitrogens is 1. The average molecular weight is 317 g/mol. The molecule has 1 aromatic rings. The molecular formula is C13H14Cl2N2O3. The van der Waals surface area contributed by atoms with Crippen molar-refractivity contribution >= 4 is 35.1 Å². The standard InChI is InChI=1S/C13H14Cl2N2O3/c14-9-6-8(7-16-10(9)15)11(18)17-13(12(19)20)4-2-1-3-5-13/h6-7H,1-5H2,(H,17,18)(H,19,20). The van der Waals surface area contributed by atoms with Crippen LogP contribution in [0.4, 0.5) is 0 Å². The maximum atomic E-state index is 12.2. The third-order valence-electron chi connectivity index (χ3n) is 3.53. The highest BCUT2D eigenvalue weighted by atomic mass is 35.5. The van der Waals surface area contributed by atoms with Gasteiger partial charge < -0.3 is 10.4 Å². The summed E-state index contributed by atoms with van der Waals surface area (Å²) in [5.74, 6) is -1.50. The molecule has 7 heteroatoms. The molecule has 1 fully saturated rings. The summed E-state index contributed by atoms with van der Waals surface area (Å²) in [4.78, 5) is 27.4. The van der Waals surface area contributed by atoms with Gasteiger partial charge >= 0.3 is 5.97 Å². The summed E-state index contributed by atoms with van der Waals surface area (Å²) < 4.78 is 0. The Kier molecular flexibility index (Phi) is 4.50. The third-order valence-corrected chi connectivity index (χ3v) is 4.21. The number of nitrogens with one attached hydrogen (secondary N) is 1. The van der Waals surface area contributed by atoms with Gasteiger partial charge in [-0.05, 0) is 18.9 Å². The smallest absolute Gasteiger partial charge is 0.329 e. The summed E-state index contributed by atoms with van der Waals surface area (Å²) in [7, 11) is 0. The summed E-state index contributed by atoms with van der Waals surface area (Å²) in [5, 5.41) is 12.3. The summed E-state index contributed by atoms with van der Waals surface area (Å²) >= 11 is 11.5. The van der Waals surface area contributed by atoms with E-state index in [1.54, 1.807) is 0 Å². The minimum atomic E-state index is -1.19. The second kappa shape index (κ2) is 5.97. The van der Waals surface area contributed by atoms with Gasteiger partial charge in [0.2, 0.25) is 0 Å². The Labute approximate surface area is 126 Å². The SMILES string of the molecule is O=C(NC1(C(=O)O)CCCCC1)c1cnc(Cl)c(Cl)c1.